The Morgan fingerprint density at radius 1 is 0.952 bits per heavy atom. The number of anilines is 1. The van der Waals surface area contributed by atoms with Crippen LogP contribution in [0.3, 0.4) is 0 Å². The van der Waals surface area contributed by atoms with Gasteiger partial charge in [-0.3, -0.25) is 4.79 Å². The van der Waals surface area contributed by atoms with Crippen LogP contribution in [0.4, 0.5) is 14.5 Å². The van der Waals surface area contributed by atoms with Gasteiger partial charge in [0.25, 0.3) is 5.91 Å². The maximum atomic E-state index is 13.8. The number of ether oxygens (including phenoxy) is 2. The topological polar surface area (TPSA) is 47.6 Å². The van der Waals surface area contributed by atoms with Gasteiger partial charge in [-0.25, -0.2) is 8.78 Å². The van der Waals surface area contributed by atoms with Gasteiger partial charge < -0.3 is 14.8 Å². The monoisotopic (exact) mass is 293 g/mol. The van der Waals surface area contributed by atoms with E-state index in [1.165, 1.54) is 38.5 Å². The second-order valence-corrected chi connectivity index (χ2v) is 4.15. The van der Waals surface area contributed by atoms with Crippen LogP contribution in [-0.2, 0) is 0 Å². The maximum Gasteiger partial charge on any atom is 0.258 e. The summed E-state index contributed by atoms with van der Waals surface area (Å²) < 4.78 is 37.2. The van der Waals surface area contributed by atoms with E-state index in [1.54, 1.807) is 0 Å². The van der Waals surface area contributed by atoms with Crippen molar-refractivity contribution in [3.63, 3.8) is 0 Å². The highest BCUT2D eigenvalue weighted by molar-refractivity contribution is 6.04. The molecule has 21 heavy (non-hydrogen) atoms. The Hall–Kier alpha value is -2.63. The molecule has 2 aromatic rings. The van der Waals surface area contributed by atoms with Gasteiger partial charge in [-0.2, -0.15) is 0 Å². The molecule has 0 aliphatic carbocycles. The molecule has 1 amide bonds. The van der Waals surface area contributed by atoms with Gasteiger partial charge >= 0.3 is 0 Å². The molecule has 0 aliphatic rings. The van der Waals surface area contributed by atoms with Crippen LogP contribution < -0.4 is 14.8 Å². The summed E-state index contributed by atoms with van der Waals surface area (Å²) in [6.45, 7) is 0. The molecule has 0 bridgehead atoms. The Balaban J connectivity index is 2.26. The van der Waals surface area contributed by atoms with E-state index in [4.69, 9.17) is 9.47 Å². The van der Waals surface area contributed by atoms with Gasteiger partial charge in [0.1, 0.15) is 23.1 Å². The fourth-order valence-electron chi connectivity index (χ4n) is 1.72. The highest BCUT2D eigenvalue weighted by Crippen LogP contribution is 2.23. The number of hydrogen-bond acceptors (Lipinski definition) is 3. The van der Waals surface area contributed by atoms with Gasteiger partial charge in [0, 0.05) is 12.1 Å². The number of hydrogen-bond donors (Lipinski definition) is 1. The summed E-state index contributed by atoms with van der Waals surface area (Å²) in [6, 6.07) is 7.67. The van der Waals surface area contributed by atoms with Gasteiger partial charge in [-0.1, -0.05) is 0 Å². The van der Waals surface area contributed by atoms with Crippen LogP contribution >= 0.6 is 0 Å². The Morgan fingerprint density at radius 2 is 1.57 bits per heavy atom. The van der Waals surface area contributed by atoms with Crippen LogP contribution in [0.15, 0.2) is 36.4 Å². The molecule has 0 aliphatic heterocycles. The van der Waals surface area contributed by atoms with Crippen LogP contribution in [-0.4, -0.2) is 20.1 Å². The van der Waals surface area contributed by atoms with E-state index in [1.807, 2.05) is 0 Å². The number of rotatable bonds is 4. The quantitative estimate of drug-likeness (QED) is 0.941. The zero-order chi connectivity index (χ0) is 15.4. The normalized spacial score (nSPS) is 10.1. The molecule has 110 valence electrons. The van der Waals surface area contributed by atoms with Gasteiger partial charge in [0.2, 0.25) is 0 Å². The van der Waals surface area contributed by atoms with Crippen molar-refractivity contribution >= 4 is 11.6 Å². The Kier molecular flexibility index (Phi) is 4.37. The molecule has 0 fully saturated rings. The van der Waals surface area contributed by atoms with Gasteiger partial charge in [-0.15, -0.1) is 0 Å². The Morgan fingerprint density at radius 3 is 2.19 bits per heavy atom. The van der Waals surface area contributed by atoms with E-state index in [0.29, 0.717) is 5.75 Å². The van der Waals surface area contributed by atoms with Crippen LogP contribution in [0.1, 0.15) is 10.4 Å². The minimum Gasteiger partial charge on any atom is -0.497 e. The lowest BCUT2D eigenvalue weighted by molar-refractivity contribution is 0.102. The average molecular weight is 293 g/mol. The number of methoxy groups -OCH3 is 2. The molecule has 0 saturated carbocycles. The molecule has 0 aromatic heterocycles. The first kappa shape index (κ1) is 14.8. The van der Waals surface area contributed by atoms with Gasteiger partial charge in [0.15, 0.2) is 0 Å². The summed E-state index contributed by atoms with van der Waals surface area (Å²) in [5.74, 6) is -1.49. The highest BCUT2D eigenvalue weighted by atomic mass is 19.1. The molecule has 0 heterocycles. The van der Waals surface area contributed by atoms with E-state index >= 15 is 0 Å². The lowest BCUT2D eigenvalue weighted by Crippen LogP contribution is -2.14. The van der Waals surface area contributed by atoms with E-state index in [2.05, 4.69) is 5.32 Å². The number of carbonyl (C=O) groups is 1. The predicted molar refractivity (Wildman–Crippen MR) is 73.9 cm³/mol. The number of halogens is 2. The van der Waals surface area contributed by atoms with Gasteiger partial charge in [-0.05, 0) is 24.3 Å². The van der Waals surface area contributed by atoms with Crippen molar-refractivity contribution in [3.8, 4) is 11.5 Å². The molecule has 0 radical (unpaired) electrons. The number of carbonyl (C=O) groups excluding carboxylic acids is 1. The van der Waals surface area contributed by atoms with Crippen LogP contribution in [0, 0.1) is 11.6 Å². The fourth-order valence-corrected chi connectivity index (χ4v) is 1.72. The maximum absolute atomic E-state index is 13.8. The SMILES string of the molecule is COc1ccc(C(=O)Nc2cc(OC)ccc2F)c(F)c1. The van der Waals surface area contributed by atoms with E-state index in [0.717, 1.165) is 12.1 Å². The first-order valence-electron chi connectivity index (χ1n) is 6.03. The van der Waals surface area contributed by atoms with E-state index in [9.17, 15) is 13.6 Å². The molecule has 0 saturated heterocycles. The molecular weight excluding hydrogens is 280 g/mol. The van der Waals surface area contributed by atoms with Crippen molar-refractivity contribution in [2.45, 2.75) is 0 Å². The second-order valence-electron chi connectivity index (χ2n) is 4.15. The highest BCUT2D eigenvalue weighted by Gasteiger charge is 2.15. The molecule has 6 heteroatoms. The first-order valence-corrected chi connectivity index (χ1v) is 6.03. The number of nitrogens with one attached hydrogen (secondary N) is 1. The van der Waals surface area contributed by atoms with Crippen molar-refractivity contribution in [2.75, 3.05) is 19.5 Å². The average Bonchev–Trinajstić information content (AvgIpc) is 2.49. The van der Waals surface area contributed by atoms with E-state index < -0.39 is 17.5 Å². The minimum absolute atomic E-state index is 0.0884. The van der Waals surface area contributed by atoms with Gasteiger partial charge in [0.05, 0.1) is 25.5 Å². The fraction of sp³-hybridized carbons (Fsp3) is 0.133. The molecule has 0 atom stereocenters. The van der Waals surface area contributed by atoms with Crippen LogP contribution in [0.25, 0.3) is 0 Å². The number of amides is 1. The lowest BCUT2D eigenvalue weighted by Gasteiger charge is -2.09. The predicted octanol–water partition coefficient (Wildman–Crippen LogP) is 3.23. The molecule has 4 nitrogen and oxygen atoms in total. The zero-order valence-electron chi connectivity index (χ0n) is 11.4. The number of benzene rings is 2. The standard InChI is InChI=1S/C15H13F2NO3/c1-20-9-3-5-11(13(17)7-9)15(19)18-14-8-10(21-2)4-6-12(14)16/h3-8H,1-2H3,(H,18,19). The summed E-state index contributed by atoms with van der Waals surface area (Å²) in [6.07, 6.45) is 0. The molecule has 0 unspecified atom stereocenters. The van der Waals surface area contributed by atoms with Crippen molar-refractivity contribution in [2.24, 2.45) is 0 Å². The molecule has 2 aromatic carbocycles. The summed E-state index contributed by atoms with van der Waals surface area (Å²) in [5, 5.41) is 2.30. The molecule has 2 rings (SSSR count). The van der Waals surface area contributed by atoms with Crippen molar-refractivity contribution in [1.82, 2.24) is 0 Å². The van der Waals surface area contributed by atoms with Crippen LogP contribution in [0.5, 0.6) is 11.5 Å². The van der Waals surface area contributed by atoms with Crippen molar-refractivity contribution in [1.29, 1.82) is 0 Å². The van der Waals surface area contributed by atoms with Crippen molar-refractivity contribution < 1.29 is 23.0 Å². The van der Waals surface area contributed by atoms with E-state index in [-0.39, 0.29) is 17.0 Å². The molecular formula is C15H13F2NO3. The Labute approximate surface area is 120 Å². The lowest BCUT2D eigenvalue weighted by atomic mass is 10.2. The first-order chi connectivity index (χ1) is 10.0. The minimum atomic E-state index is -0.762. The summed E-state index contributed by atoms with van der Waals surface area (Å²) in [4.78, 5) is 12.0. The molecule has 1 N–H and O–H groups in total. The Bertz CT molecular complexity index is 674. The largest absolute Gasteiger partial charge is 0.497 e. The van der Waals surface area contributed by atoms with Crippen LogP contribution in [0.2, 0.25) is 0 Å². The summed E-state index contributed by atoms with van der Waals surface area (Å²) in [7, 11) is 2.81. The third kappa shape index (κ3) is 3.28. The summed E-state index contributed by atoms with van der Waals surface area (Å²) in [5.41, 5.74) is -0.299. The van der Waals surface area contributed by atoms with Crippen molar-refractivity contribution in [3.05, 3.63) is 53.6 Å². The zero-order valence-corrected chi connectivity index (χ0v) is 11.4. The smallest absolute Gasteiger partial charge is 0.258 e. The second kappa shape index (κ2) is 6.21. The molecule has 0 spiro atoms. The third-order valence-electron chi connectivity index (χ3n) is 2.84. The summed E-state index contributed by atoms with van der Waals surface area (Å²) >= 11 is 0. The third-order valence-corrected chi connectivity index (χ3v) is 2.84.